The second-order valence-electron chi connectivity index (χ2n) is 6.99. The fourth-order valence-electron chi connectivity index (χ4n) is 2.35. The quantitative estimate of drug-likeness (QED) is 0.834. The molecule has 0 amide bonds. The van der Waals surface area contributed by atoms with Gasteiger partial charge in [-0.2, -0.15) is 5.10 Å². The first-order valence-electron chi connectivity index (χ1n) is 7.14. The van der Waals surface area contributed by atoms with Crippen molar-refractivity contribution >= 4 is 0 Å². The fourth-order valence-corrected chi connectivity index (χ4v) is 2.35. The molecule has 2 aromatic rings. The summed E-state index contributed by atoms with van der Waals surface area (Å²) in [7, 11) is 1.96. The van der Waals surface area contributed by atoms with Crippen molar-refractivity contribution in [2.45, 2.75) is 58.3 Å². The van der Waals surface area contributed by atoms with E-state index in [1.807, 2.05) is 30.9 Å². The first-order valence-corrected chi connectivity index (χ1v) is 7.14. The second kappa shape index (κ2) is 5.08. The zero-order chi connectivity index (χ0) is 15.0. The lowest BCUT2D eigenvalue weighted by molar-refractivity contribution is 0.337. The zero-order valence-electron chi connectivity index (χ0n) is 13.4. The van der Waals surface area contributed by atoms with Crippen LogP contribution in [0.3, 0.4) is 0 Å². The molecule has 0 spiro atoms. The summed E-state index contributed by atoms with van der Waals surface area (Å²) < 4.78 is 7.07. The maximum atomic E-state index is 5.21. The molecule has 20 heavy (non-hydrogen) atoms. The van der Waals surface area contributed by atoms with Crippen molar-refractivity contribution in [2.24, 2.45) is 7.05 Å². The van der Waals surface area contributed by atoms with Gasteiger partial charge in [0.25, 0.3) is 0 Å². The molecule has 0 aromatic carbocycles. The monoisotopic (exact) mass is 275 g/mol. The van der Waals surface area contributed by atoms with Crippen molar-refractivity contribution in [1.82, 2.24) is 14.9 Å². The molecular weight excluding hydrogens is 250 g/mol. The Hall–Kier alpha value is -1.58. The van der Waals surface area contributed by atoms with E-state index in [0.29, 0.717) is 0 Å². The van der Waals surface area contributed by atoms with E-state index in [4.69, 9.17) is 4.52 Å². The van der Waals surface area contributed by atoms with E-state index in [2.05, 4.69) is 44.1 Å². The van der Waals surface area contributed by atoms with Crippen LogP contribution in [0.25, 0.3) is 0 Å². The van der Waals surface area contributed by atoms with Crippen molar-refractivity contribution in [3.63, 3.8) is 0 Å². The minimum absolute atomic E-state index is 0.0250. The Morgan fingerprint density at radius 2 is 1.80 bits per heavy atom. The first kappa shape index (κ1) is 14.8. The van der Waals surface area contributed by atoms with E-state index >= 15 is 0 Å². The Kier molecular flexibility index (Phi) is 3.76. The molecule has 0 aliphatic rings. The van der Waals surface area contributed by atoms with Gasteiger partial charge in [-0.1, -0.05) is 32.9 Å². The average Bonchev–Trinajstić information content (AvgIpc) is 2.96. The third-order valence-corrected chi connectivity index (χ3v) is 4.18. The molecule has 0 N–H and O–H groups in total. The lowest BCUT2D eigenvalue weighted by Gasteiger charge is -2.29. The van der Waals surface area contributed by atoms with Crippen molar-refractivity contribution in [2.75, 3.05) is 0 Å². The summed E-state index contributed by atoms with van der Waals surface area (Å²) in [5, 5.41) is 8.45. The van der Waals surface area contributed by atoms with E-state index < -0.39 is 0 Å². The van der Waals surface area contributed by atoms with Gasteiger partial charge < -0.3 is 4.52 Å². The molecule has 0 aliphatic heterocycles. The highest BCUT2D eigenvalue weighted by molar-refractivity contribution is 5.19. The van der Waals surface area contributed by atoms with Crippen LogP contribution in [0.5, 0.6) is 0 Å². The highest BCUT2D eigenvalue weighted by Crippen LogP contribution is 2.35. The molecular formula is C16H25N3O. The highest BCUT2D eigenvalue weighted by atomic mass is 16.5. The molecule has 4 heteroatoms. The van der Waals surface area contributed by atoms with E-state index in [1.165, 1.54) is 5.56 Å². The van der Waals surface area contributed by atoms with E-state index in [1.54, 1.807) is 0 Å². The van der Waals surface area contributed by atoms with Gasteiger partial charge in [-0.25, -0.2) is 0 Å². The minimum Gasteiger partial charge on any atom is -0.361 e. The van der Waals surface area contributed by atoms with Gasteiger partial charge in [-0.05, 0) is 30.7 Å². The molecule has 110 valence electrons. The van der Waals surface area contributed by atoms with E-state index in [-0.39, 0.29) is 10.8 Å². The van der Waals surface area contributed by atoms with Crippen LogP contribution < -0.4 is 0 Å². The van der Waals surface area contributed by atoms with Gasteiger partial charge in [0.1, 0.15) is 5.76 Å². The number of hydrogen-bond acceptors (Lipinski definition) is 3. The van der Waals surface area contributed by atoms with Crippen LogP contribution in [0.1, 0.15) is 57.6 Å². The smallest absolute Gasteiger partial charge is 0.133 e. The van der Waals surface area contributed by atoms with Gasteiger partial charge in [0.05, 0.1) is 11.9 Å². The number of aromatic nitrogens is 3. The molecule has 0 radical (unpaired) electrons. The van der Waals surface area contributed by atoms with Crippen LogP contribution in [-0.4, -0.2) is 14.9 Å². The minimum atomic E-state index is 0.0250. The molecule has 0 saturated heterocycles. The summed E-state index contributed by atoms with van der Waals surface area (Å²) in [6.07, 6.45) is 6.21. The zero-order valence-corrected chi connectivity index (χ0v) is 13.4. The highest BCUT2D eigenvalue weighted by Gasteiger charge is 2.29. The topological polar surface area (TPSA) is 43.9 Å². The molecule has 2 aromatic heterocycles. The van der Waals surface area contributed by atoms with Crippen molar-refractivity contribution in [3.8, 4) is 0 Å². The third-order valence-electron chi connectivity index (χ3n) is 4.18. The van der Waals surface area contributed by atoms with Crippen LogP contribution in [0.4, 0.5) is 0 Å². The fraction of sp³-hybridized carbons (Fsp3) is 0.625. The molecule has 0 atom stereocenters. The van der Waals surface area contributed by atoms with Gasteiger partial charge in [-0.15, -0.1) is 0 Å². The lowest BCUT2D eigenvalue weighted by Crippen LogP contribution is -2.24. The predicted molar refractivity (Wildman–Crippen MR) is 79.7 cm³/mol. The summed E-state index contributed by atoms with van der Waals surface area (Å²) in [5.41, 5.74) is 2.46. The number of rotatable bonds is 5. The van der Waals surface area contributed by atoms with Crippen LogP contribution in [0, 0.1) is 6.92 Å². The summed E-state index contributed by atoms with van der Waals surface area (Å²) >= 11 is 0. The standard InChI is InChI=1S/C16H25N3O/c1-12-9-14(18-20-12)16(4,5)8-7-15(2,3)13-10-17-19(6)11-13/h9-11H,7-8H2,1-6H3. The van der Waals surface area contributed by atoms with Crippen LogP contribution in [0.15, 0.2) is 23.0 Å². The van der Waals surface area contributed by atoms with Gasteiger partial charge in [0.15, 0.2) is 0 Å². The molecule has 0 aliphatic carbocycles. The summed E-state index contributed by atoms with van der Waals surface area (Å²) in [6.45, 7) is 10.9. The maximum absolute atomic E-state index is 5.21. The summed E-state index contributed by atoms with van der Waals surface area (Å²) in [5.74, 6) is 0.875. The van der Waals surface area contributed by atoms with Crippen LogP contribution >= 0.6 is 0 Å². The Balaban J connectivity index is 2.07. The van der Waals surface area contributed by atoms with Gasteiger partial charge >= 0.3 is 0 Å². The second-order valence-corrected chi connectivity index (χ2v) is 6.99. The largest absolute Gasteiger partial charge is 0.361 e. The maximum Gasteiger partial charge on any atom is 0.133 e. The Labute approximate surface area is 121 Å². The van der Waals surface area contributed by atoms with Crippen molar-refractivity contribution in [3.05, 3.63) is 35.5 Å². The van der Waals surface area contributed by atoms with Crippen LogP contribution in [0.2, 0.25) is 0 Å². The van der Waals surface area contributed by atoms with Gasteiger partial charge in [0.2, 0.25) is 0 Å². The van der Waals surface area contributed by atoms with Gasteiger partial charge in [0, 0.05) is 24.7 Å². The molecule has 0 fully saturated rings. The Bertz CT molecular complexity index is 526. The number of hydrogen-bond donors (Lipinski definition) is 0. The average molecular weight is 275 g/mol. The van der Waals surface area contributed by atoms with Crippen LogP contribution in [-0.2, 0) is 17.9 Å². The Morgan fingerprint density at radius 1 is 1.15 bits per heavy atom. The summed E-state index contributed by atoms with van der Waals surface area (Å²) in [4.78, 5) is 0. The summed E-state index contributed by atoms with van der Waals surface area (Å²) in [6, 6.07) is 2.04. The predicted octanol–water partition coefficient (Wildman–Crippen LogP) is 3.75. The van der Waals surface area contributed by atoms with E-state index in [9.17, 15) is 0 Å². The lowest BCUT2D eigenvalue weighted by atomic mass is 9.75. The number of nitrogens with zero attached hydrogens (tertiary/aromatic N) is 3. The number of aryl methyl sites for hydroxylation is 2. The molecule has 0 saturated carbocycles. The third kappa shape index (κ3) is 3.11. The molecule has 0 unspecified atom stereocenters. The molecule has 2 heterocycles. The normalized spacial score (nSPS) is 12.9. The molecule has 0 bridgehead atoms. The SMILES string of the molecule is Cc1cc(C(C)(C)CCC(C)(C)c2cnn(C)c2)no1. The molecule has 2 rings (SSSR count). The first-order chi connectivity index (χ1) is 9.21. The van der Waals surface area contributed by atoms with Crippen molar-refractivity contribution in [1.29, 1.82) is 0 Å². The van der Waals surface area contributed by atoms with Gasteiger partial charge in [-0.3, -0.25) is 4.68 Å². The van der Waals surface area contributed by atoms with E-state index in [0.717, 1.165) is 24.3 Å². The van der Waals surface area contributed by atoms with Crippen molar-refractivity contribution < 1.29 is 4.52 Å². The Morgan fingerprint density at radius 3 is 2.30 bits per heavy atom. The molecule has 4 nitrogen and oxygen atoms in total.